The van der Waals surface area contributed by atoms with Crippen LogP contribution in [0.5, 0.6) is 0 Å². The molecule has 1 aromatic heterocycles. The fourth-order valence-corrected chi connectivity index (χ4v) is 2.70. The number of aromatic nitrogens is 2. The summed E-state index contributed by atoms with van der Waals surface area (Å²) in [6, 6.07) is 1.52. The van der Waals surface area contributed by atoms with Gasteiger partial charge in [0.2, 0.25) is 5.91 Å². The van der Waals surface area contributed by atoms with E-state index in [1.165, 1.54) is 31.7 Å². The largest absolute Gasteiger partial charge is 0.352 e. The average Bonchev–Trinajstić information content (AvgIpc) is 2.49. The quantitative estimate of drug-likeness (QED) is 0.732. The number of hydrogen-bond donors (Lipinski definition) is 3. The monoisotopic (exact) mass is 292 g/mol. The van der Waals surface area contributed by atoms with Gasteiger partial charge in [0.05, 0.1) is 18.1 Å². The lowest BCUT2D eigenvalue weighted by Crippen LogP contribution is -2.47. The van der Waals surface area contributed by atoms with Crippen LogP contribution in [0, 0.1) is 0 Å². The highest BCUT2D eigenvalue weighted by atomic mass is 16.2. The first kappa shape index (κ1) is 15.7. The predicted molar refractivity (Wildman–Crippen MR) is 80.8 cm³/mol. The van der Waals surface area contributed by atoms with Gasteiger partial charge in [0.1, 0.15) is 0 Å². The Labute approximate surface area is 124 Å². The Kier molecular flexibility index (Phi) is 5.92. The Morgan fingerprint density at radius 1 is 1.43 bits per heavy atom. The fourth-order valence-electron chi connectivity index (χ4n) is 2.70. The molecular formula is C15H24N4O2. The highest BCUT2D eigenvalue weighted by Gasteiger charge is 2.21. The molecule has 1 aromatic rings. The van der Waals surface area contributed by atoms with Gasteiger partial charge >= 0.3 is 0 Å². The van der Waals surface area contributed by atoms with E-state index in [2.05, 4.69) is 20.6 Å². The number of hydrogen-bond acceptors (Lipinski definition) is 4. The van der Waals surface area contributed by atoms with Gasteiger partial charge < -0.3 is 15.6 Å². The Balaban J connectivity index is 1.83. The molecule has 0 radical (unpaired) electrons. The molecule has 1 atom stereocenters. The standard InChI is InChI=1S/C15H24N4O2/c1-2-13(15(21)19-11-6-4-3-5-7-11)16-9-12-8-14(20)18-10-17-12/h8,10-11,13,16H,2-7,9H2,1H3,(H,19,21)(H,17,18,20). The van der Waals surface area contributed by atoms with E-state index in [-0.39, 0.29) is 17.5 Å². The van der Waals surface area contributed by atoms with Crippen LogP contribution in [0.1, 0.15) is 51.1 Å². The zero-order chi connectivity index (χ0) is 15.1. The summed E-state index contributed by atoms with van der Waals surface area (Å²) in [4.78, 5) is 30.0. The maximum absolute atomic E-state index is 12.3. The van der Waals surface area contributed by atoms with E-state index in [1.807, 2.05) is 6.92 Å². The fraction of sp³-hybridized carbons (Fsp3) is 0.667. The minimum absolute atomic E-state index is 0.0502. The SMILES string of the molecule is CCC(NCc1cc(=O)[nH]cn1)C(=O)NC1CCCCC1. The van der Waals surface area contributed by atoms with Crippen LogP contribution in [-0.2, 0) is 11.3 Å². The van der Waals surface area contributed by atoms with Crippen LogP contribution < -0.4 is 16.2 Å². The smallest absolute Gasteiger partial charge is 0.250 e. The summed E-state index contributed by atoms with van der Waals surface area (Å²) >= 11 is 0. The van der Waals surface area contributed by atoms with Crippen molar-refractivity contribution in [2.75, 3.05) is 0 Å². The Morgan fingerprint density at radius 3 is 2.86 bits per heavy atom. The van der Waals surface area contributed by atoms with Crippen LogP contribution in [-0.4, -0.2) is 28.0 Å². The molecule has 0 aliphatic heterocycles. The summed E-state index contributed by atoms with van der Waals surface area (Å²) in [5, 5.41) is 6.30. The van der Waals surface area contributed by atoms with E-state index < -0.39 is 0 Å². The average molecular weight is 292 g/mol. The molecule has 3 N–H and O–H groups in total. The number of nitrogens with zero attached hydrogens (tertiary/aromatic N) is 1. The molecule has 6 heteroatoms. The molecule has 1 amide bonds. The van der Waals surface area contributed by atoms with Crippen LogP contribution in [0.2, 0.25) is 0 Å². The van der Waals surface area contributed by atoms with Crippen molar-refractivity contribution in [1.82, 2.24) is 20.6 Å². The molecule has 1 saturated carbocycles. The number of H-pyrrole nitrogens is 1. The van der Waals surface area contributed by atoms with Gasteiger partial charge in [0.15, 0.2) is 0 Å². The molecule has 0 saturated heterocycles. The number of rotatable bonds is 6. The van der Waals surface area contributed by atoms with Gasteiger partial charge in [-0.2, -0.15) is 0 Å². The lowest BCUT2D eigenvalue weighted by atomic mass is 9.95. The van der Waals surface area contributed by atoms with Crippen LogP contribution in [0.25, 0.3) is 0 Å². The normalized spacial score (nSPS) is 17.4. The molecule has 0 spiro atoms. The maximum Gasteiger partial charge on any atom is 0.250 e. The van der Waals surface area contributed by atoms with E-state index in [9.17, 15) is 9.59 Å². The van der Waals surface area contributed by atoms with E-state index in [0.29, 0.717) is 24.7 Å². The third-order valence-electron chi connectivity index (χ3n) is 3.94. The van der Waals surface area contributed by atoms with E-state index >= 15 is 0 Å². The van der Waals surface area contributed by atoms with Crippen LogP contribution >= 0.6 is 0 Å². The van der Waals surface area contributed by atoms with Crippen molar-refractivity contribution in [3.63, 3.8) is 0 Å². The van der Waals surface area contributed by atoms with E-state index in [0.717, 1.165) is 12.8 Å². The summed E-state index contributed by atoms with van der Waals surface area (Å²) in [7, 11) is 0. The molecule has 116 valence electrons. The van der Waals surface area contributed by atoms with Gasteiger partial charge in [-0.05, 0) is 19.3 Å². The van der Waals surface area contributed by atoms with Crippen molar-refractivity contribution < 1.29 is 4.79 Å². The van der Waals surface area contributed by atoms with Gasteiger partial charge in [0, 0.05) is 18.7 Å². The van der Waals surface area contributed by atoms with Crippen molar-refractivity contribution in [1.29, 1.82) is 0 Å². The minimum Gasteiger partial charge on any atom is -0.352 e. The molecule has 6 nitrogen and oxygen atoms in total. The molecule has 1 aliphatic carbocycles. The molecule has 1 unspecified atom stereocenters. The number of amides is 1. The van der Waals surface area contributed by atoms with Gasteiger partial charge in [-0.3, -0.25) is 9.59 Å². The molecule has 1 aliphatic rings. The summed E-state index contributed by atoms with van der Waals surface area (Å²) < 4.78 is 0. The van der Waals surface area contributed by atoms with Crippen LogP contribution in [0.4, 0.5) is 0 Å². The highest BCUT2D eigenvalue weighted by molar-refractivity contribution is 5.81. The van der Waals surface area contributed by atoms with E-state index in [4.69, 9.17) is 0 Å². The van der Waals surface area contributed by atoms with Gasteiger partial charge in [0.25, 0.3) is 5.56 Å². The van der Waals surface area contributed by atoms with Crippen molar-refractivity contribution in [2.45, 2.75) is 64.1 Å². The lowest BCUT2D eigenvalue weighted by molar-refractivity contribution is -0.124. The minimum atomic E-state index is -0.243. The summed E-state index contributed by atoms with van der Waals surface area (Å²) in [5.41, 5.74) is 0.462. The van der Waals surface area contributed by atoms with Crippen molar-refractivity contribution in [2.24, 2.45) is 0 Å². The number of nitrogens with one attached hydrogen (secondary N) is 3. The van der Waals surface area contributed by atoms with Crippen LogP contribution in [0.3, 0.4) is 0 Å². The number of aromatic amines is 1. The van der Waals surface area contributed by atoms with Gasteiger partial charge in [-0.15, -0.1) is 0 Å². The predicted octanol–water partition coefficient (Wildman–Crippen LogP) is 1.09. The van der Waals surface area contributed by atoms with Gasteiger partial charge in [-0.1, -0.05) is 26.2 Å². The molecule has 21 heavy (non-hydrogen) atoms. The van der Waals surface area contributed by atoms with Crippen molar-refractivity contribution in [3.05, 3.63) is 28.4 Å². The number of carbonyl (C=O) groups is 1. The Morgan fingerprint density at radius 2 is 2.19 bits per heavy atom. The molecule has 0 bridgehead atoms. The molecular weight excluding hydrogens is 268 g/mol. The second kappa shape index (κ2) is 7.93. The highest BCUT2D eigenvalue weighted by Crippen LogP contribution is 2.17. The zero-order valence-electron chi connectivity index (χ0n) is 12.5. The first-order chi connectivity index (χ1) is 10.2. The number of carbonyl (C=O) groups excluding carboxylic acids is 1. The summed E-state index contributed by atoms with van der Waals surface area (Å²) in [6.45, 7) is 2.39. The maximum atomic E-state index is 12.3. The Hall–Kier alpha value is -1.69. The first-order valence-electron chi connectivity index (χ1n) is 7.76. The first-order valence-corrected chi connectivity index (χ1v) is 7.76. The summed E-state index contributed by atoms with van der Waals surface area (Å²) in [6.07, 6.45) is 7.92. The third-order valence-corrected chi connectivity index (χ3v) is 3.94. The molecule has 2 rings (SSSR count). The molecule has 1 fully saturated rings. The molecule has 0 aromatic carbocycles. The molecule has 1 heterocycles. The van der Waals surface area contributed by atoms with Crippen molar-refractivity contribution >= 4 is 5.91 Å². The van der Waals surface area contributed by atoms with Crippen LogP contribution in [0.15, 0.2) is 17.2 Å². The zero-order valence-corrected chi connectivity index (χ0v) is 12.5. The second-order valence-electron chi connectivity index (χ2n) is 5.59. The van der Waals surface area contributed by atoms with E-state index in [1.54, 1.807) is 0 Å². The second-order valence-corrected chi connectivity index (χ2v) is 5.59. The lowest BCUT2D eigenvalue weighted by Gasteiger charge is -2.25. The Bertz CT molecular complexity index is 508. The topological polar surface area (TPSA) is 86.9 Å². The third kappa shape index (κ3) is 4.97. The van der Waals surface area contributed by atoms with Crippen molar-refractivity contribution in [3.8, 4) is 0 Å². The summed E-state index contributed by atoms with van der Waals surface area (Å²) in [5.74, 6) is 0.0502. The van der Waals surface area contributed by atoms with Gasteiger partial charge in [-0.25, -0.2) is 4.98 Å².